The van der Waals surface area contributed by atoms with E-state index in [0.717, 1.165) is 11.8 Å². The second kappa shape index (κ2) is 9.26. The van der Waals surface area contributed by atoms with Crippen LogP contribution in [0.1, 0.15) is 13.8 Å². The standard InChI is InChI=1S/C14H16ClNO6S/c1-8(17)21-9(2)22-14(20)16-7-12(13(18)19)23-11-5-3-4-10(15)6-11/h3-6,9,12H,7H2,1-2H3,(H,16,20)(H,18,19)/t9-,12+/m1/s1. The molecule has 1 aromatic rings. The Morgan fingerprint density at radius 3 is 2.61 bits per heavy atom. The Hall–Kier alpha value is -1.93. The van der Waals surface area contributed by atoms with Gasteiger partial charge in [-0.05, 0) is 18.2 Å². The average molecular weight is 362 g/mol. The smallest absolute Gasteiger partial charge is 0.410 e. The number of carboxylic acids is 1. The quantitative estimate of drug-likeness (QED) is 0.437. The van der Waals surface area contributed by atoms with Gasteiger partial charge in [-0.1, -0.05) is 17.7 Å². The van der Waals surface area contributed by atoms with Gasteiger partial charge in [-0.25, -0.2) is 4.79 Å². The van der Waals surface area contributed by atoms with Crippen molar-refractivity contribution < 1.29 is 29.0 Å². The van der Waals surface area contributed by atoms with E-state index >= 15 is 0 Å². The number of aliphatic carboxylic acids is 1. The van der Waals surface area contributed by atoms with Crippen molar-refractivity contribution in [3.8, 4) is 0 Å². The van der Waals surface area contributed by atoms with Gasteiger partial charge in [-0.3, -0.25) is 9.59 Å². The first-order valence-corrected chi connectivity index (χ1v) is 7.80. The van der Waals surface area contributed by atoms with Crippen LogP contribution in [0, 0.1) is 0 Å². The lowest BCUT2D eigenvalue weighted by Crippen LogP contribution is -2.37. The van der Waals surface area contributed by atoms with Crippen LogP contribution >= 0.6 is 23.4 Å². The van der Waals surface area contributed by atoms with Crippen LogP contribution < -0.4 is 5.32 Å². The summed E-state index contributed by atoms with van der Waals surface area (Å²) in [5.41, 5.74) is 0. The number of alkyl carbamates (subject to hydrolysis) is 1. The number of nitrogens with one attached hydrogen (secondary N) is 1. The molecule has 9 heteroatoms. The molecule has 126 valence electrons. The van der Waals surface area contributed by atoms with Crippen LogP contribution in [-0.2, 0) is 19.1 Å². The molecular weight excluding hydrogens is 346 g/mol. The monoisotopic (exact) mass is 361 g/mol. The summed E-state index contributed by atoms with van der Waals surface area (Å²) in [4.78, 5) is 34.1. The molecule has 2 N–H and O–H groups in total. The topological polar surface area (TPSA) is 102 Å². The molecule has 1 aromatic carbocycles. The highest BCUT2D eigenvalue weighted by molar-refractivity contribution is 8.00. The van der Waals surface area contributed by atoms with Gasteiger partial charge in [0.25, 0.3) is 0 Å². The van der Waals surface area contributed by atoms with Gasteiger partial charge in [-0.2, -0.15) is 0 Å². The normalized spacial score (nSPS) is 12.8. The number of halogens is 1. The molecule has 0 unspecified atom stereocenters. The summed E-state index contributed by atoms with van der Waals surface area (Å²) in [6.45, 7) is 2.38. The van der Waals surface area contributed by atoms with Crippen LogP contribution in [0.5, 0.6) is 0 Å². The highest BCUT2D eigenvalue weighted by Crippen LogP contribution is 2.25. The van der Waals surface area contributed by atoms with Gasteiger partial charge in [0.05, 0.1) is 0 Å². The third-order valence-corrected chi connectivity index (χ3v) is 3.80. The summed E-state index contributed by atoms with van der Waals surface area (Å²) < 4.78 is 9.37. The molecule has 1 amide bonds. The Morgan fingerprint density at radius 1 is 1.35 bits per heavy atom. The predicted octanol–water partition coefficient (Wildman–Crippen LogP) is 2.52. The van der Waals surface area contributed by atoms with Crippen LogP contribution in [0.4, 0.5) is 4.79 Å². The molecule has 23 heavy (non-hydrogen) atoms. The fraction of sp³-hybridized carbons (Fsp3) is 0.357. The van der Waals surface area contributed by atoms with Crippen molar-refractivity contribution in [2.75, 3.05) is 6.54 Å². The lowest BCUT2D eigenvalue weighted by atomic mass is 10.4. The number of carboxylic acid groups (broad SMARTS) is 1. The second-order valence-corrected chi connectivity index (χ2v) is 6.08. The molecule has 7 nitrogen and oxygen atoms in total. The fourth-order valence-corrected chi connectivity index (χ4v) is 2.71. The number of hydrogen-bond donors (Lipinski definition) is 2. The number of rotatable bonds is 7. The zero-order valence-electron chi connectivity index (χ0n) is 12.4. The van der Waals surface area contributed by atoms with Gasteiger partial charge in [0.1, 0.15) is 5.25 Å². The molecule has 0 aliphatic rings. The maximum atomic E-state index is 11.5. The molecule has 0 fully saturated rings. The van der Waals surface area contributed by atoms with Gasteiger partial charge in [0, 0.05) is 30.3 Å². The van der Waals surface area contributed by atoms with Crippen molar-refractivity contribution in [1.29, 1.82) is 0 Å². The molecular formula is C14H16ClNO6S. The van der Waals surface area contributed by atoms with Crippen molar-refractivity contribution >= 4 is 41.4 Å². The van der Waals surface area contributed by atoms with E-state index in [1.54, 1.807) is 24.3 Å². The van der Waals surface area contributed by atoms with Crippen LogP contribution in [0.2, 0.25) is 5.02 Å². The number of benzene rings is 1. The molecule has 0 heterocycles. The van der Waals surface area contributed by atoms with E-state index in [9.17, 15) is 19.5 Å². The Bertz CT molecular complexity index is 582. The summed E-state index contributed by atoms with van der Waals surface area (Å²) in [6.07, 6.45) is -1.94. The molecule has 0 aliphatic heterocycles. The summed E-state index contributed by atoms with van der Waals surface area (Å²) in [7, 11) is 0. The van der Waals surface area contributed by atoms with Crippen LogP contribution in [0.25, 0.3) is 0 Å². The van der Waals surface area contributed by atoms with Crippen molar-refractivity contribution in [3.05, 3.63) is 29.3 Å². The highest BCUT2D eigenvalue weighted by Gasteiger charge is 2.21. The lowest BCUT2D eigenvalue weighted by molar-refractivity contribution is -0.162. The Kier molecular flexibility index (Phi) is 7.70. The maximum absolute atomic E-state index is 11.5. The number of carbonyl (C=O) groups excluding carboxylic acids is 2. The molecule has 0 spiro atoms. The van der Waals surface area contributed by atoms with Crippen molar-refractivity contribution in [3.63, 3.8) is 0 Å². The number of amides is 1. The van der Waals surface area contributed by atoms with E-state index < -0.39 is 29.6 Å². The molecule has 2 atom stereocenters. The summed E-state index contributed by atoms with van der Waals surface area (Å²) in [5, 5.41) is 11.1. The zero-order valence-corrected chi connectivity index (χ0v) is 14.0. The molecule has 1 rings (SSSR count). The second-order valence-electron chi connectivity index (χ2n) is 4.37. The van der Waals surface area contributed by atoms with Gasteiger partial charge in [-0.15, -0.1) is 11.8 Å². The third kappa shape index (κ3) is 7.75. The van der Waals surface area contributed by atoms with E-state index in [2.05, 4.69) is 10.1 Å². The largest absolute Gasteiger partial charge is 0.480 e. The minimum absolute atomic E-state index is 0.169. The van der Waals surface area contributed by atoms with Crippen molar-refractivity contribution in [1.82, 2.24) is 5.32 Å². The predicted molar refractivity (Wildman–Crippen MR) is 84.4 cm³/mol. The molecule has 0 radical (unpaired) electrons. The van der Waals surface area contributed by atoms with Crippen LogP contribution in [-0.4, -0.2) is 41.2 Å². The van der Waals surface area contributed by atoms with Crippen LogP contribution in [0.3, 0.4) is 0 Å². The van der Waals surface area contributed by atoms with Crippen molar-refractivity contribution in [2.45, 2.75) is 30.3 Å². The van der Waals surface area contributed by atoms with Crippen molar-refractivity contribution in [2.24, 2.45) is 0 Å². The lowest BCUT2D eigenvalue weighted by Gasteiger charge is -2.16. The molecule has 0 bridgehead atoms. The average Bonchev–Trinajstić information content (AvgIpc) is 2.42. The molecule has 0 saturated carbocycles. The first kappa shape index (κ1) is 19.1. The fourth-order valence-electron chi connectivity index (χ4n) is 1.51. The number of esters is 1. The highest BCUT2D eigenvalue weighted by atomic mass is 35.5. The molecule has 0 aromatic heterocycles. The first-order valence-electron chi connectivity index (χ1n) is 6.54. The van der Waals surface area contributed by atoms with E-state index in [4.69, 9.17) is 16.3 Å². The molecule has 0 aliphatic carbocycles. The van der Waals surface area contributed by atoms with Crippen LogP contribution in [0.15, 0.2) is 29.2 Å². The molecule has 0 saturated heterocycles. The number of carbonyl (C=O) groups is 3. The zero-order chi connectivity index (χ0) is 17.4. The minimum Gasteiger partial charge on any atom is -0.480 e. The van der Waals surface area contributed by atoms with Gasteiger partial charge >= 0.3 is 18.0 Å². The summed E-state index contributed by atoms with van der Waals surface area (Å²) >= 11 is 6.89. The number of hydrogen-bond acceptors (Lipinski definition) is 6. The Labute approximate surface area is 142 Å². The van der Waals surface area contributed by atoms with Gasteiger partial charge < -0.3 is 19.9 Å². The SMILES string of the molecule is CC(=O)O[C@@H](C)OC(=O)NC[C@H](Sc1cccc(Cl)c1)C(=O)O. The van der Waals surface area contributed by atoms with E-state index in [0.29, 0.717) is 9.92 Å². The summed E-state index contributed by atoms with van der Waals surface area (Å²) in [5.74, 6) is -1.69. The minimum atomic E-state index is -1.09. The maximum Gasteiger partial charge on any atom is 0.410 e. The van der Waals surface area contributed by atoms with Gasteiger partial charge in [0.15, 0.2) is 0 Å². The Morgan fingerprint density at radius 2 is 2.04 bits per heavy atom. The number of ether oxygens (including phenoxy) is 2. The van der Waals surface area contributed by atoms with E-state index in [1.165, 1.54) is 13.8 Å². The summed E-state index contributed by atoms with van der Waals surface area (Å²) in [6, 6.07) is 6.72. The Balaban J connectivity index is 2.52. The van der Waals surface area contributed by atoms with E-state index in [1.807, 2.05) is 0 Å². The van der Waals surface area contributed by atoms with Gasteiger partial charge in [0.2, 0.25) is 6.29 Å². The number of thioether (sulfide) groups is 1. The first-order chi connectivity index (χ1) is 10.8. The van der Waals surface area contributed by atoms with E-state index in [-0.39, 0.29) is 6.54 Å². The third-order valence-electron chi connectivity index (χ3n) is 2.39.